The second-order valence-electron chi connectivity index (χ2n) is 4.51. The number of hydrogen-bond acceptors (Lipinski definition) is 3. The SMILES string of the molecule is NC1(c2c(Cl)ccc(O)c2O)CCCCC1. The van der Waals surface area contributed by atoms with Crippen LogP contribution in [0.5, 0.6) is 11.5 Å². The molecule has 4 heteroatoms. The lowest BCUT2D eigenvalue weighted by molar-refractivity contribution is 0.288. The molecule has 88 valence electrons. The smallest absolute Gasteiger partial charge is 0.164 e. The Hall–Kier alpha value is -0.930. The van der Waals surface area contributed by atoms with E-state index in [1.807, 2.05) is 0 Å². The topological polar surface area (TPSA) is 66.5 Å². The maximum absolute atomic E-state index is 9.88. The molecule has 0 unspecified atom stereocenters. The Bertz CT molecular complexity index is 400. The molecular weight excluding hydrogens is 226 g/mol. The molecule has 0 aromatic heterocycles. The summed E-state index contributed by atoms with van der Waals surface area (Å²) in [6.07, 6.45) is 4.81. The molecule has 0 saturated heterocycles. The molecule has 0 spiro atoms. The predicted molar refractivity (Wildman–Crippen MR) is 63.7 cm³/mol. The molecule has 3 nitrogen and oxygen atoms in total. The molecule has 0 amide bonds. The molecule has 1 aliphatic rings. The number of benzene rings is 1. The van der Waals surface area contributed by atoms with Crippen molar-refractivity contribution in [2.24, 2.45) is 5.73 Å². The van der Waals surface area contributed by atoms with Crippen molar-refractivity contribution < 1.29 is 10.2 Å². The van der Waals surface area contributed by atoms with Gasteiger partial charge in [0.05, 0.1) is 0 Å². The van der Waals surface area contributed by atoms with Gasteiger partial charge in [0.15, 0.2) is 11.5 Å². The number of hydrogen-bond donors (Lipinski definition) is 3. The first-order valence-corrected chi connectivity index (χ1v) is 5.92. The maximum Gasteiger partial charge on any atom is 0.164 e. The number of phenolic OH excluding ortho intramolecular Hbond substituents is 2. The van der Waals surface area contributed by atoms with Crippen LogP contribution >= 0.6 is 11.6 Å². The van der Waals surface area contributed by atoms with Gasteiger partial charge in [0.1, 0.15) is 0 Å². The fraction of sp³-hybridized carbons (Fsp3) is 0.500. The van der Waals surface area contributed by atoms with Crippen molar-refractivity contribution in [2.45, 2.75) is 37.6 Å². The van der Waals surface area contributed by atoms with Crippen molar-refractivity contribution in [3.8, 4) is 11.5 Å². The van der Waals surface area contributed by atoms with Crippen LogP contribution < -0.4 is 5.73 Å². The van der Waals surface area contributed by atoms with E-state index < -0.39 is 5.54 Å². The molecule has 4 N–H and O–H groups in total. The molecule has 1 aromatic carbocycles. The van der Waals surface area contributed by atoms with Crippen LogP contribution in [0.4, 0.5) is 0 Å². The zero-order chi connectivity index (χ0) is 11.8. The summed E-state index contributed by atoms with van der Waals surface area (Å²) in [5, 5.41) is 19.8. The highest BCUT2D eigenvalue weighted by atomic mass is 35.5. The largest absolute Gasteiger partial charge is 0.504 e. The van der Waals surface area contributed by atoms with Crippen molar-refractivity contribution in [1.82, 2.24) is 0 Å². The quantitative estimate of drug-likeness (QED) is 0.663. The highest BCUT2D eigenvalue weighted by Gasteiger charge is 2.34. The van der Waals surface area contributed by atoms with Crippen LogP contribution in [0.15, 0.2) is 12.1 Å². The first-order chi connectivity index (χ1) is 7.54. The predicted octanol–water partition coefficient (Wildman–Crippen LogP) is 2.87. The van der Waals surface area contributed by atoms with E-state index >= 15 is 0 Å². The minimum Gasteiger partial charge on any atom is -0.504 e. The Morgan fingerprint density at radius 3 is 2.38 bits per heavy atom. The van der Waals surface area contributed by atoms with Crippen LogP contribution in [0.2, 0.25) is 5.02 Å². The molecule has 1 fully saturated rings. The average Bonchev–Trinajstić information content (AvgIpc) is 2.25. The summed E-state index contributed by atoms with van der Waals surface area (Å²) in [7, 11) is 0. The summed E-state index contributed by atoms with van der Waals surface area (Å²) < 4.78 is 0. The molecule has 2 rings (SSSR count). The Morgan fingerprint density at radius 1 is 1.12 bits per heavy atom. The van der Waals surface area contributed by atoms with E-state index in [9.17, 15) is 10.2 Å². The number of rotatable bonds is 1. The Kier molecular flexibility index (Phi) is 3.00. The number of nitrogens with two attached hydrogens (primary N) is 1. The van der Waals surface area contributed by atoms with E-state index in [-0.39, 0.29) is 11.5 Å². The lowest BCUT2D eigenvalue weighted by atomic mass is 9.77. The first-order valence-electron chi connectivity index (χ1n) is 5.54. The van der Waals surface area contributed by atoms with Gasteiger partial charge in [-0.1, -0.05) is 30.9 Å². The van der Waals surface area contributed by atoms with Crippen molar-refractivity contribution in [1.29, 1.82) is 0 Å². The van der Waals surface area contributed by atoms with E-state index in [1.54, 1.807) is 6.07 Å². The number of halogens is 1. The van der Waals surface area contributed by atoms with Gasteiger partial charge in [-0.2, -0.15) is 0 Å². The third kappa shape index (κ3) is 1.85. The third-order valence-corrected chi connectivity index (χ3v) is 3.66. The van der Waals surface area contributed by atoms with Crippen LogP contribution in [0.3, 0.4) is 0 Å². The lowest BCUT2D eigenvalue weighted by Crippen LogP contribution is -2.38. The van der Waals surface area contributed by atoms with Gasteiger partial charge in [-0.3, -0.25) is 0 Å². The summed E-state index contributed by atoms with van der Waals surface area (Å²) in [5.41, 5.74) is 6.19. The normalized spacial score (nSPS) is 19.6. The zero-order valence-corrected chi connectivity index (χ0v) is 9.80. The highest BCUT2D eigenvalue weighted by molar-refractivity contribution is 6.31. The third-order valence-electron chi connectivity index (χ3n) is 3.35. The fourth-order valence-electron chi connectivity index (χ4n) is 2.46. The Morgan fingerprint density at radius 2 is 1.75 bits per heavy atom. The van der Waals surface area contributed by atoms with Crippen LogP contribution in [0.1, 0.15) is 37.7 Å². The van der Waals surface area contributed by atoms with Crippen LogP contribution in [0.25, 0.3) is 0 Å². The summed E-state index contributed by atoms with van der Waals surface area (Å²) in [4.78, 5) is 0. The minimum absolute atomic E-state index is 0.158. The van der Waals surface area contributed by atoms with Crippen molar-refractivity contribution in [3.63, 3.8) is 0 Å². The van der Waals surface area contributed by atoms with Crippen LogP contribution in [-0.2, 0) is 5.54 Å². The van der Waals surface area contributed by atoms with E-state index in [2.05, 4.69) is 0 Å². The second-order valence-corrected chi connectivity index (χ2v) is 4.91. The van der Waals surface area contributed by atoms with Gasteiger partial charge in [0.25, 0.3) is 0 Å². The summed E-state index contributed by atoms with van der Waals surface area (Å²) in [6.45, 7) is 0. The Balaban J connectivity index is 2.49. The molecule has 16 heavy (non-hydrogen) atoms. The monoisotopic (exact) mass is 241 g/mol. The second kappa shape index (κ2) is 4.15. The van der Waals surface area contributed by atoms with Gasteiger partial charge in [0.2, 0.25) is 0 Å². The molecule has 1 saturated carbocycles. The van der Waals surface area contributed by atoms with Gasteiger partial charge >= 0.3 is 0 Å². The Labute approximate surface area is 99.8 Å². The molecule has 0 heterocycles. The van der Waals surface area contributed by atoms with Crippen LogP contribution in [-0.4, -0.2) is 10.2 Å². The average molecular weight is 242 g/mol. The van der Waals surface area contributed by atoms with E-state index in [4.69, 9.17) is 17.3 Å². The van der Waals surface area contributed by atoms with Crippen molar-refractivity contribution in [2.75, 3.05) is 0 Å². The summed E-state index contributed by atoms with van der Waals surface area (Å²) >= 11 is 6.07. The van der Waals surface area contributed by atoms with Crippen LogP contribution in [0, 0.1) is 0 Å². The fourth-order valence-corrected chi connectivity index (χ4v) is 2.80. The lowest BCUT2D eigenvalue weighted by Gasteiger charge is -2.35. The van der Waals surface area contributed by atoms with Gasteiger partial charge in [-0.05, 0) is 25.0 Å². The van der Waals surface area contributed by atoms with E-state index in [1.165, 1.54) is 6.07 Å². The van der Waals surface area contributed by atoms with Gasteiger partial charge in [-0.25, -0.2) is 0 Å². The molecule has 1 aliphatic carbocycles. The molecule has 0 aliphatic heterocycles. The van der Waals surface area contributed by atoms with Crippen molar-refractivity contribution in [3.05, 3.63) is 22.7 Å². The minimum atomic E-state index is -0.599. The molecular formula is C12H16ClNO2. The van der Waals surface area contributed by atoms with E-state index in [0.29, 0.717) is 10.6 Å². The number of aromatic hydroxyl groups is 2. The molecule has 0 bridgehead atoms. The standard InChI is InChI=1S/C12H16ClNO2/c13-8-4-5-9(15)11(16)10(8)12(14)6-2-1-3-7-12/h4-5,15-16H,1-3,6-7,14H2. The van der Waals surface area contributed by atoms with Gasteiger partial charge < -0.3 is 15.9 Å². The first kappa shape index (κ1) is 11.6. The van der Waals surface area contributed by atoms with Gasteiger partial charge in [-0.15, -0.1) is 0 Å². The van der Waals surface area contributed by atoms with Crippen molar-refractivity contribution >= 4 is 11.6 Å². The maximum atomic E-state index is 9.88. The number of phenols is 2. The summed E-state index contributed by atoms with van der Waals surface area (Å²) in [6, 6.07) is 2.96. The highest BCUT2D eigenvalue weighted by Crippen LogP contribution is 2.45. The zero-order valence-electron chi connectivity index (χ0n) is 9.04. The molecule has 0 atom stereocenters. The van der Waals surface area contributed by atoms with E-state index in [0.717, 1.165) is 32.1 Å². The molecule has 1 aromatic rings. The van der Waals surface area contributed by atoms with Gasteiger partial charge in [0, 0.05) is 16.1 Å². The molecule has 0 radical (unpaired) electrons. The summed E-state index contributed by atoms with van der Waals surface area (Å²) in [5.74, 6) is -0.327.